The summed E-state index contributed by atoms with van der Waals surface area (Å²) in [6.07, 6.45) is 6.39. The molecule has 0 amide bonds. The third-order valence-electron chi connectivity index (χ3n) is 2.69. The van der Waals surface area contributed by atoms with Gasteiger partial charge in [0.15, 0.2) is 5.78 Å². The zero-order chi connectivity index (χ0) is 9.84. The second-order valence-corrected chi connectivity index (χ2v) is 4.01. The molecular formula is C12H18O. The van der Waals surface area contributed by atoms with Crippen molar-refractivity contribution in [3.05, 3.63) is 23.8 Å². The van der Waals surface area contributed by atoms with Crippen molar-refractivity contribution in [2.24, 2.45) is 5.92 Å². The first-order chi connectivity index (χ1) is 6.11. The monoisotopic (exact) mass is 178 g/mol. The molecule has 0 aromatic heterocycles. The van der Waals surface area contributed by atoms with Crippen molar-refractivity contribution in [1.29, 1.82) is 0 Å². The summed E-state index contributed by atoms with van der Waals surface area (Å²) < 4.78 is 0. The summed E-state index contributed by atoms with van der Waals surface area (Å²) >= 11 is 0. The molecule has 0 saturated heterocycles. The maximum absolute atomic E-state index is 11.6. The summed E-state index contributed by atoms with van der Waals surface area (Å²) in [7, 11) is 0. The van der Waals surface area contributed by atoms with Crippen LogP contribution in [0.1, 0.15) is 39.5 Å². The summed E-state index contributed by atoms with van der Waals surface area (Å²) in [5.41, 5.74) is 2.14. The Morgan fingerprint density at radius 1 is 1.54 bits per heavy atom. The molecule has 1 unspecified atom stereocenters. The van der Waals surface area contributed by atoms with Gasteiger partial charge in [0.2, 0.25) is 0 Å². The smallest absolute Gasteiger partial charge is 0.161 e. The van der Waals surface area contributed by atoms with Crippen molar-refractivity contribution in [2.45, 2.75) is 39.5 Å². The summed E-state index contributed by atoms with van der Waals surface area (Å²) in [5.74, 6) is 0.495. The lowest BCUT2D eigenvalue weighted by atomic mass is 9.91. The van der Waals surface area contributed by atoms with Crippen LogP contribution in [0, 0.1) is 5.92 Å². The molecule has 0 bridgehead atoms. The Hall–Kier alpha value is -0.850. The second kappa shape index (κ2) is 4.40. The number of hydrogen-bond donors (Lipinski definition) is 0. The van der Waals surface area contributed by atoms with E-state index in [1.165, 1.54) is 5.57 Å². The Labute approximate surface area is 80.5 Å². The molecule has 13 heavy (non-hydrogen) atoms. The molecule has 0 aromatic rings. The molecule has 1 aliphatic carbocycles. The average molecular weight is 178 g/mol. The van der Waals surface area contributed by atoms with Crippen LogP contribution in [0.25, 0.3) is 0 Å². The molecule has 0 aromatic carbocycles. The maximum atomic E-state index is 11.6. The van der Waals surface area contributed by atoms with E-state index < -0.39 is 0 Å². The molecule has 72 valence electrons. The minimum absolute atomic E-state index is 0.228. The van der Waals surface area contributed by atoms with E-state index in [9.17, 15) is 4.79 Å². The van der Waals surface area contributed by atoms with Crippen LogP contribution in [0.15, 0.2) is 23.8 Å². The highest BCUT2D eigenvalue weighted by molar-refractivity contribution is 5.96. The molecule has 0 N–H and O–H groups in total. The van der Waals surface area contributed by atoms with E-state index >= 15 is 0 Å². The first-order valence-corrected chi connectivity index (χ1v) is 4.96. The van der Waals surface area contributed by atoms with Gasteiger partial charge < -0.3 is 0 Å². The minimum Gasteiger partial charge on any atom is -0.294 e. The van der Waals surface area contributed by atoms with Gasteiger partial charge in [0.05, 0.1) is 0 Å². The molecule has 1 nitrogen and oxygen atoms in total. The fourth-order valence-corrected chi connectivity index (χ4v) is 1.79. The maximum Gasteiger partial charge on any atom is 0.161 e. The number of carbonyl (C=O) groups is 1. The Kier molecular flexibility index (Phi) is 3.47. The Bertz CT molecular complexity index is 248. The normalized spacial score (nSPS) is 23.2. The molecule has 0 fully saturated rings. The van der Waals surface area contributed by atoms with Crippen LogP contribution in [0.2, 0.25) is 0 Å². The Morgan fingerprint density at radius 2 is 2.23 bits per heavy atom. The summed E-state index contributed by atoms with van der Waals surface area (Å²) in [4.78, 5) is 11.6. The predicted octanol–water partition coefficient (Wildman–Crippen LogP) is 3.27. The second-order valence-electron chi connectivity index (χ2n) is 4.01. The van der Waals surface area contributed by atoms with E-state index in [0.717, 1.165) is 25.7 Å². The number of Topliss-reactive ketones (excluding diaryl/α,β-unsaturated/α-hetero) is 1. The van der Waals surface area contributed by atoms with Crippen LogP contribution in [0.3, 0.4) is 0 Å². The fourth-order valence-electron chi connectivity index (χ4n) is 1.79. The fraction of sp³-hybridized carbons (Fsp3) is 0.583. The standard InChI is InChI=1S/C12H18O/c1-9(2)12(13)11-6-4-5-10(3)7-8-11/h5,11H,1,4,6-8H2,2-3H3. The lowest BCUT2D eigenvalue weighted by molar-refractivity contribution is -0.119. The quantitative estimate of drug-likeness (QED) is 0.468. The number of carbonyl (C=O) groups excluding carboxylic acids is 1. The highest BCUT2D eigenvalue weighted by atomic mass is 16.1. The largest absolute Gasteiger partial charge is 0.294 e. The van der Waals surface area contributed by atoms with E-state index in [0.29, 0.717) is 5.57 Å². The van der Waals surface area contributed by atoms with E-state index in [2.05, 4.69) is 19.6 Å². The topological polar surface area (TPSA) is 17.1 Å². The minimum atomic E-state index is 0.228. The van der Waals surface area contributed by atoms with Gasteiger partial charge in [0.1, 0.15) is 0 Å². The van der Waals surface area contributed by atoms with Gasteiger partial charge in [-0.1, -0.05) is 18.2 Å². The van der Waals surface area contributed by atoms with Crippen molar-refractivity contribution in [1.82, 2.24) is 0 Å². The van der Waals surface area contributed by atoms with Crippen molar-refractivity contribution >= 4 is 5.78 Å². The van der Waals surface area contributed by atoms with Gasteiger partial charge in [-0.2, -0.15) is 0 Å². The van der Waals surface area contributed by atoms with Gasteiger partial charge >= 0.3 is 0 Å². The van der Waals surface area contributed by atoms with Crippen LogP contribution in [-0.2, 0) is 4.79 Å². The van der Waals surface area contributed by atoms with E-state index in [-0.39, 0.29) is 11.7 Å². The summed E-state index contributed by atoms with van der Waals surface area (Å²) in [6, 6.07) is 0. The van der Waals surface area contributed by atoms with Gasteiger partial charge in [-0.05, 0) is 45.1 Å². The lowest BCUT2D eigenvalue weighted by Crippen LogP contribution is -2.14. The first kappa shape index (κ1) is 10.2. The van der Waals surface area contributed by atoms with Crippen LogP contribution in [-0.4, -0.2) is 5.78 Å². The van der Waals surface area contributed by atoms with Gasteiger partial charge in [-0.15, -0.1) is 0 Å². The first-order valence-electron chi connectivity index (χ1n) is 4.96. The van der Waals surface area contributed by atoms with Crippen LogP contribution >= 0.6 is 0 Å². The molecule has 1 rings (SSSR count). The van der Waals surface area contributed by atoms with Crippen molar-refractivity contribution in [3.63, 3.8) is 0 Å². The molecule has 1 heteroatoms. The van der Waals surface area contributed by atoms with Gasteiger partial charge in [0, 0.05) is 5.92 Å². The number of ketones is 1. The zero-order valence-electron chi connectivity index (χ0n) is 8.60. The molecule has 0 aliphatic heterocycles. The van der Waals surface area contributed by atoms with Crippen LogP contribution in [0.5, 0.6) is 0 Å². The molecule has 0 heterocycles. The van der Waals surface area contributed by atoms with Gasteiger partial charge in [-0.25, -0.2) is 0 Å². The van der Waals surface area contributed by atoms with Gasteiger partial charge in [0.25, 0.3) is 0 Å². The Balaban J connectivity index is 2.56. The predicted molar refractivity (Wildman–Crippen MR) is 55.5 cm³/mol. The molecule has 0 radical (unpaired) electrons. The number of hydrogen-bond acceptors (Lipinski definition) is 1. The Morgan fingerprint density at radius 3 is 2.85 bits per heavy atom. The highest BCUT2D eigenvalue weighted by Crippen LogP contribution is 2.24. The lowest BCUT2D eigenvalue weighted by Gasteiger charge is -2.12. The van der Waals surface area contributed by atoms with E-state index in [1.807, 2.05) is 6.92 Å². The molecule has 0 spiro atoms. The summed E-state index contributed by atoms with van der Waals surface area (Å²) in [6.45, 7) is 7.67. The number of rotatable bonds is 2. The molecule has 1 aliphatic rings. The van der Waals surface area contributed by atoms with Crippen molar-refractivity contribution in [3.8, 4) is 0 Å². The SMILES string of the molecule is C=C(C)C(=O)C1CCC=C(C)CC1. The molecule has 1 atom stereocenters. The zero-order valence-corrected chi connectivity index (χ0v) is 8.60. The third kappa shape index (κ3) is 2.83. The summed E-state index contributed by atoms with van der Waals surface area (Å²) in [5, 5.41) is 0. The molecular weight excluding hydrogens is 160 g/mol. The molecule has 0 saturated carbocycles. The third-order valence-corrected chi connectivity index (χ3v) is 2.69. The van der Waals surface area contributed by atoms with E-state index in [1.54, 1.807) is 0 Å². The highest BCUT2D eigenvalue weighted by Gasteiger charge is 2.19. The number of allylic oxidation sites excluding steroid dienone is 3. The van der Waals surface area contributed by atoms with Crippen LogP contribution in [0.4, 0.5) is 0 Å². The average Bonchev–Trinajstić information content (AvgIpc) is 2.28. The van der Waals surface area contributed by atoms with Crippen molar-refractivity contribution in [2.75, 3.05) is 0 Å². The van der Waals surface area contributed by atoms with Crippen LogP contribution < -0.4 is 0 Å². The van der Waals surface area contributed by atoms with Crippen molar-refractivity contribution < 1.29 is 4.79 Å². The van der Waals surface area contributed by atoms with E-state index in [4.69, 9.17) is 0 Å². The van der Waals surface area contributed by atoms with Gasteiger partial charge in [-0.3, -0.25) is 4.79 Å².